The van der Waals surface area contributed by atoms with Crippen LogP contribution in [0.25, 0.3) is 0 Å². The van der Waals surface area contributed by atoms with Gasteiger partial charge in [-0.1, -0.05) is 17.7 Å². The van der Waals surface area contributed by atoms with E-state index in [0.29, 0.717) is 15.5 Å². The Morgan fingerprint density at radius 1 is 1.45 bits per heavy atom. The number of carbonyl (C=O) groups is 1. The van der Waals surface area contributed by atoms with Crippen LogP contribution in [-0.2, 0) is 14.8 Å². The number of thiazole rings is 1. The minimum Gasteiger partial charge on any atom is -0.369 e. The average molecular weight is 360 g/mol. The number of nitrogens with two attached hydrogens (primary N) is 1. The molecular formula is C13H14ClN3O3S2. The number of hydrogen-bond acceptors (Lipinski definition) is 5. The molecule has 0 radical (unpaired) electrons. The van der Waals surface area contributed by atoms with E-state index in [4.69, 9.17) is 17.3 Å². The summed E-state index contributed by atoms with van der Waals surface area (Å²) in [5.41, 5.74) is 5.68. The van der Waals surface area contributed by atoms with Crippen molar-refractivity contribution in [2.45, 2.75) is 24.7 Å². The number of rotatable bonds is 5. The number of carbonyl (C=O) groups excluding carboxylic acids is 1. The lowest BCUT2D eigenvalue weighted by Gasteiger charge is -2.09. The first-order chi connectivity index (χ1) is 10.2. The lowest BCUT2D eigenvalue weighted by atomic mass is 10.1. The van der Waals surface area contributed by atoms with Gasteiger partial charge in [0.05, 0.1) is 10.8 Å². The number of hydrogen-bond donors (Lipinski definition) is 2. The highest BCUT2D eigenvalue weighted by atomic mass is 35.5. The van der Waals surface area contributed by atoms with Crippen LogP contribution in [0.4, 0.5) is 5.13 Å². The molecule has 1 unspecified atom stereocenters. The van der Waals surface area contributed by atoms with Gasteiger partial charge in [-0.25, -0.2) is 13.4 Å². The molecule has 1 aromatic heterocycles. The Balaban J connectivity index is 2.30. The van der Waals surface area contributed by atoms with Crippen LogP contribution in [-0.4, -0.2) is 19.3 Å². The number of anilines is 1. The zero-order valence-corrected chi connectivity index (χ0v) is 14.2. The average Bonchev–Trinajstić information content (AvgIpc) is 2.88. The minimum absolute atomic E-state index is 0.0831. The van der Waals surface area contributed by atoms with E-state index in [-0.39, 0.29) is 10.0 Å². The predicted octanol–water partition coefficient (Wildman–Crippen LogP) is 2.49. The van der Waals surface area contributed by atoms with Crippen LogP contribution in [0.5, 0.6) is 0 Å². The molecule has 118 valence electrons. The van der Waals surface area contributed by atoms with Gasteiger partial charge in [0.2, 0.25) is 5.91 Å². The maximum Gasteiger partial charge on any atom is 0.263 e. The van der Waals surface area contributed by atoms with Crippen LogP contribution in [0.1, 0.15) is 23.3 Å². The Kier molecular flexibility index (Phi) is 4.74. The smallest absolute Gasteiger partial charge is 0.263 e. The van der Waals surface area contributed by atoms with Crippen molar-refractivity contribution < 1.29 is 13.2 Å². The van der Waals surface area contributed by atoms with Gasteiger partial charge in [0.1, 0.15) is 0 Å². The first kappa shape index (κ1) is 16.7. The van der Waals surface area contributed by atoms with Crippen molar-refractivity contribution in [1.29, 1.82) is 0 Å². The first-order valence-electron chi connectivity index (χ1n) is 6.25. The van der Waals surface area contributed by atoms with E-state index in [9.17, 15) is 13.2 Å². The summed E-state index contributed by atoms with van der Waals surface area (Å²) in [4.78, 5) is 15.8. The van der Waals surface area contributed by atoms with Gasteiger partial charge in [-0.05, 0) is 31.5 Å². The zero-order valence-electron chi connectivity index (χ0n) is 11.8. The van der Waals surface area contributed by atoms with Crippen molar-refractivity contribution >= 4 is 44.0 Å². The van der Waals surface area contributed by atoms with Gasteiger partial charge in [-0.2, -0.15) is 0 Å². The Morgan fingerprint density at radius 2 is 2.14 bits per heavy atom. The number of nitrogens with zero attached hydrogens (tertiary/aromatic N) is 1. The second-order valence-electron chi connectivity index (χ2n) is 4.66. The predicted molar refractivity (Wildman–Crippen MR) is 86.7 cm³/mol. The molecule has 0 bridgehead atoms. The van der Waals surface area contributed by atoms with E-state index in [1.807, 2.05) is 0 Å². The Labute approximate surface area is 137 Å². The number of halogens is 1. The van der Waals surface area contributed by atoms with Gasteiger partial charge in [-0.15, -0.1) is 11.3 Å². The van der Waals surface area contributed by atoms with Crippen molar-refractivity contribution in [3.05, 3.63) is 39.9 Å². The molecule has 0 saturated carbocycles. The summed E-state index contributed by atoms with van der Waals surface area (Å²) < 4.78 is 27.2. The van der Waals surface area contributed by atoms with E-state index < -0.39 is 21.8 Å². The van der Waals surface area contributed by atoms with Gasteiger partial charge in [-0.3, -0.25) is 9.52 Å². The molecule has 6 nitrogen and oxygen atoms in total. The van der Waals surface area contributed by atoms with Crippen molar-refractivity contribution in [3.63, 3.8) is 0 Å². The third-order valence-electron chi connectivity index (χ3n) is 3.11. The summed E-state index contributed by atoms with van der Waals surface area (Å²) in [6.07, 6.45) is 1.43. The molecule has 2 aromatic rings. The summed E-state index contributed by atoms with van der Waals surface area (Å²) in [7, 11) is -3.80. The standard InChI is InChI=1S/C13H14ClN3O3S2/c1-7-9(14)4-3-5-11(7)22(19,20)17-13-16-6-10(21-13)8(2)12(15)18/h3-6,8H,1-2H3,(H2,15,18)(H,16,17). The molecule has 0 aliphatic heterocycles. The van der Waals surface area contributed by atoms with Gasteiger partial charge in [0.15, 0.2) is 5.13 Å². The molecular weight excluding hydrogens is 346 g/mol. The van der Waals surface area contributed by atoms with Crippen molar-refractivity contribution in [2.75, 3.05) is 4.72 Å². The molecule has 0 saturated heterocycles. The molecule has 0 aliphatic carbocycles. The highest BCUT2D eigenvalue weighted by Gasteiger charge is 2.21. The normalized spacial score (nSPS) is 12.9. The van der Waals surface area contributed by atoms with Gasteiger partial charge in [0, 0.05) is 16.1 Å². The van der Waals surface area contributed by atoms with E-state index in [2.05, 4.69) is 9.71 Å². The first-order valence-corrected chi connectivity index (χ1v) is 8.93. The Hall–Kier alpha value is -1.64. The van der Waals surface area contributed by atoms with Crippen LogP contribution in [0, 0.1) is 6.92 Å². The number of nitrogens with one attached hydrogen (secondary N) is 1. The third kappa shape index (κ3) is 3.40. The fourth-order valence-corrected chi connectivity index (χ4v) is 4.34. The van der Waals surface area contributed by atoms with Crippen molar-refractivity contribution in [1.82, 2.24) is 4.98 Å². The molecule has 1 amide bonds. The molecule has 3 N–H and O–H groups in total. The molecule has 9 heteroatoms. The summed E-state index contributed by atoms with van der Waals surface area (Å²) in [5, 5.41) is 0.535. The molecule has 1 aromatic carbocycles. The maximum atomic E-state index is 12.4. The molecule has 0 spiro atoms. The fraction of sp³-hybridized carbons (Fsp3) is 0.231. The number of primary amides is 1. The van der Waals surface area contributed by atoms with E-state index in [1.165, 1.54) is 12.3 Å². The SMILES string of the molecule is Cc1c(Cl)cccc1S(=O)(=O)Nc1ncc(C(C)C(N)=O)s1. The van der Waals surface area contributed by atoms with E-state index >= 15 is 0 Å². The third-order valence-corrected chi connectivity index (χ3v) is 6.22. The molecule has 0 aliphatic rings. The summed E-state index contributed by atoms with van der Waals surface area (Å²) in [6, 6.07) is 4.64. The molecule has 22 heavy (non-hydrogen) atoms. The van der Waals surface area contributed by atoms with E-state index in [0.717, 1.165) is 11.3 Å². The molecule has 0 fully saturated rings. The van der Waals surface area contributed by atoms with Crippen LogP contribution in [0.2, 0.25) is 5.02 Å². The highest BCUT2D eigenvalue weighted by molar-refractivity contribution is 7.93. The van der Waals surface area contributed by atoms with Gasteiger partial charge in [0.25, 0.3) is 10.0 Å². The Morgan fingerprint density at radius 3 is 2.77 bits per heavy atom. The van der Waals surface area contributed by atoms with Crippen LogP contribution in [0.3, 0.4) is 0 Å². The zero-order chi connectivity index (χ0) is 16.5. The second-order valence-corrected chi connectivity index (χ2v) is 7.78. The summed E-state index contributed by atoms with van der Waals surface area (Å²) in [6.45, 7) is 3.26. The lowest BCUT2D eigenvalue weighted by molar-refractivity contribution is -0.119. The fourth-order valence-electron chi connectivity index (χ4n) is 1.72. The maximum absolute atomic E-state index is 12.4. The van der Waals surface area contributed by atoms with E-state index in [1.54, 1.807) is 26.0 Å². The number of benzene rings is 1. The molecule has 2 rings (SSSR count). The lowest BCUT2D eigenvalue weighted by Crippen LogP contribution is -2.17. The highest BCUT2D eigenvalue weighted by Crippen LogP contribution is 2.29. The Bertz CT molecular complexity index is 818. The van der Waals surface area contributed by atoms with Crippen LogP contribution >= 0.6 is 22.9 Å². The molecule has 1 heterocycles. The number of aromatic nitrogens is 1. The van der Waals surface area contributed by atoms with Gasteiger partial charge < -0.3 is 5.73 Å². The minimum atomic E-state index is -3.80. The number of sulfonamides is 1. The summed E-state index contributed by atoms with van der Waals surface area (Å²) in [5.74, 6) is -1.02. The second kappa shape index (κ2) is 6.23. The van der Waals surface area contributed by atoms with Crippen molar-refractivity contribution in [3.8, 4) is 0 Å². The van der Waals surface area contributed by atoms with Crippen LogP contribution < -0.4 is 10.5 Å². The monoisotopic (exact) mass is 359 g/mol. The molecule has 1 atom stereocenters. The van der Waals surface area contributed by atoms with Gasteiger partial charge >= 0.3 is 0 Å². The summed E-state index contributed by atoms with van der Waals surface area (Å²) >= 11 is 7.01. The van der Waals surface area contributed by atoms with Crippen LogP contribution in [0.15, 0.2) is 29.3 Å². The topological polar surface area (TPSA) is 102 Å². The van der Waals surface area contributed by atoms with Crippen molar-refractivity contribution in [2.24, 2.45) is 5.73 Å². The number of amides is 1. The quantitative estimate of drug-likeness (QED) is 0.856. The largest absolute Gasteiger partial charge is 0.369 e.